The van der Waals surface area contributed by atoms with Crippen LogP contribution in [0.3, 0.4) is 0 Å². The first kappa shape index (κ1) is 15.5. The largest absolute Gasteiger partial charge is 0.476 e. The van der Waals surface area contributed by atoms with Crippen molar-refractivity contribution < 1.29 is 27.9 Å². The number of amides is 2. The number of carboxylic acid groups (broad SMARTS) is 1. The normalized spacial score (nSPS) is 17.9. The van der Waals surface area contributed by atoms with Gasteiger partial charge < -0.3 is 15.7 Å². The van der Waals surface area contributed by atoms with Crippen molar-refractivity contribution in [2.24, 2.45) is 0 Å². The van der Waals surface area contributed by atoms with Gasteiger partial charge in [0, 0.05) is 5.38 Å². The van der Waals surface area contributed by atoms with Gasteiger partial charge in [-0.2, -0.15) is 13.2 Å². The van der Waals surface area contributed by atoms with E-state index in [0.29, 0.717) is 5.01 Å². The summed E-state index contributed by atoms with van der Waals surface area (Å²) in [6.07, 6.45) is -4.76. The number of carbonyl (C=O) groups is 2. The molecule has 0 aliphatic heterocycles. The first-order chi connectivity index (χ1) is 9.64. The van der Waals surface area contributed by atoms with Crippen LogP contribution in [0.2, 0.25) is 0 Å². The molecule has 0 spiro atoms. The Kier molecular flexibility index (Phi) is 3.83. The van der Waals surface area contributed by atoms with Crippen LogP contribution in [0.1, 0.15) is 41.3 Å². The lowest BCUT2D eigenvalue weighted by Crippen LogP contribution is -2.51. The number of halogens is 3. The van der Waals surface area contributed by atoms with E-state index in [1.807, 2.05) is 5.32 Å². The van der Waals surface area contributed by atoms with Gasteiger partial charge in [0.05, 0.1) is 6.04 Å². The van der Waals surface area contributed by atoms with Crippen LogP contribution in [0.5, 0.6) is 0 Å². The summed E-state index contributed by atoms with van der Waals surface area (Å²) in [5.41, 5.74) is -2.30. The Morgan fingerprint density at radius 2 is 2.10 bits per heavy atom. The lowest BCUT2D eigenvalue weighted by atomic mass is 10.2. The van der Waals surface area contributed by atoms with Crippen LogP contribution in [-0.2, 0) is 0 Å². The second-order valence-corrected chi connectivity index (χ2v) is 5.67. The lowest BCUT2D eigenvalue weighted by molar-refractivity contribution is -0.162. The third kappa shape index (κ3) is 3.26. The Morgan fingerprint density at radius 3 is 2.52 bits per heavy atom. The van der Waals surface area contributed by atoms with Crippen LogP contribution in [0.25, 0.3) is 0 Å². The van der Waals surface area contributed by atoms with Crippen molar-refractivity contribution in [3.63, 3.8) is 0 Å². The van der Waals surface area contributed by atoms with Crippen molar-refractivity contribution in [1.82, 2.24) is 15.6 Å². The standard InChI is InChI=1S/C11H12F3N3O3S/c1-5(7-16-6(4-21-7)8(18)19)15-9(20)17-10(2-3-10)11(12,13)14/h4-5H,2-3H2,1H3,(H,18,19)(H2,15,17,20). The lowest BCUT2D eigenvalue weighted by Gasteiger charge is -2.22. The van der Waals surface area contributed by atoms with Gasteiger partial charge >= 0.3 is 18.2 Å². The van der Waals surface area contributed by atoms with Gasteiger partial charge in [0.15, 0.2) is 5.69 Å². The molecule has 0 radical (unpaired) electrons. The molecule has 0 aromatic carbocycles. The summed E-state index contributed by atoms with van der Waals surface area (Å²) >= 11 is 1.01. The SMILES string of the molecule is CC(NC(=O)NC1(C(F)(F)F)CC1)c1nc(C(=O)O)cs1. The summed E-state index contributed by atoms with van der Waals surface area (Å²) in [7, 11) is 0. The maximum absolute atomic E-state index is 12.7. The number of alkyl halides is 3. The molecule has 1 saturated carbocycles. The smallest absolute Gasteiger partial charge is 0.411 e. The zero-order valence-corrected chi connectivity index (χ0v) is 11.6. The minimum atomic E-state index is -4.48. The van der Waals surface area contributed by atoms with E-state index >= 15 is 0 Å². The molecule has 0 bridgehead atoms. The molecule has 1 aliphatic carbocycles. The van der Waals surface area contributed by atoms with Crippen LogP contribution in [0, 0.1) is 0 Å². The number of hydrogen-bond donors (Lipinski definition) is 3. The topological polar surface area (TPSA) is 91.3 Å². The predicted octanol–water partition coefficient (Wildman–Crippen LogP) is 2.30. The van der Waals surface area contributed by atoms with E-state index in [4.69, 9.17) is 5.11 Å². The maximum atomic E-state index is 12.7. The number of carbonyl (C=O) groups excluding carboxylic acids is 1. The summed E-state index contributed by atoms with van der Waals surface area (Å²) < 4.78 is 38.1. The second kappa shape index (κ2) is 5.17. The molecule has 1 atom stereocenters. The molecule has 1 aliphatic rings. The zero-order valence-electron chi connectivity index (χ0n) is 10.8. The molecular weight excluding hydrogens is 311 g/mol. The summed E-state index contributed by atoms with van der Waals surface area (Å²) in [6, 6.07) is -1.64. The van der Waals surface area contributed by atoms with Crippen molar-refractivity contribution in [3.05, 3.63) is 16.1 Å². The molecular formula is C11H12F3N3O3S. The molecule has 1 fully saturated rings. The highest BCUT2D eigenvalue weighted by Gasteiger charge is 2.64. The van der Waals surface area contributed by atoms with Crippen LogP contribution < -0.4 is 10.6 Å². The van der Waals surface area contributed by atoms with Crippen molar-refractivity contribution in [2.45, 2.75) is 37.5 Å². The van der Waals surface area contributed by atoms with E-state index in [-0.39, 0.29) is 18.5 Å². The molecule has 1 unspecified atom stereocenters. The highest BCUT2D eigenvalue weighted by Crippen LogP contribution is 2.48. The fourth-order valence-corrected chi connectivity index (χ4v) is 2.50. The highest BCUT2D eigenvalue weighted by atomic mass is 32.1. The van der Waals surface area contributed by atoms with Crippen LogP contribution in [0.15, 0.2) is 5.38 Å². The molecule has 2 rings (SSSR count). The van der Waals surface area contributed by atoms with E-state index in [1.54, 1.807) is 0 Å². The summed E-state index contributed by atoms with van der Waals surface area (Å²) in [5.74, 6) is -1.21. The number of thiazole rings is 1. The number of hydrogen-bond acceptors (Lipinski definition) is 4. The zero-order chi connectivity index (χ0) is 15.8. The molecule has 21 heavy (non-hydrogen) atoms. The second-order valence-electron chi connectivity index (χ2n) is 4.78. The minimum absolute atomic E-state index is 0.140. The highest BCUT2D eigenvalue weighted by molar-refractivity contribution is 7.09. The Balaban J connectivity index is 1.95. The van der Waals surface area contributed by atoms with Gasteiger partial charge in [-0.25, -0.2) is 14.6 Å². The number of urea groups is 1. The van der Waals surface area contributed by atoms with Gasteiger partial charge in [0.1, 0.15) is 10.5 Å². The molecule has 1 aromatic heterocycles. The Labute approximate surface area is 121 Å². The summed E-state index contributed by atoms with van der Waals surface area (Å²) in [6.45, 7) is 1.51. The number of nitrogens with one attached hydrogen (secondary N) is 2. The third-order valence-electron chi connectivity index (χ3n) is 3.10. The van der Waals surface area contributed by atoms with E-state index in [2.05, 4.69) is 10.3 Å². The molecule has 116 valence electrons. The van der Waals surface area contributed by atoms with Gasteiger partial charge in [-0.15, -0.1) is 11.3 Å². The van der Waals surface area contributed by atoms with Crippen LogP contribution in [-0.4, -0.2) is 33.8 Å². The Morgan fingerprint density at radius 1 is 1.48 bits per heavy atom. The molecule has 1 heterocycles. The van der Waals surface area contributed by atoms with Crippen molar-refractivity contribution in [2.75, 3.05) is 0 Å². The average Bonchev–Trinajstić information content (AvgIpc) is 2.96. The van der Waals surface area contributed by atoms with Crippen LogP contribution in [0.4, 0.5) is 18.0 Å². The number of carboxylic acids is 1. The Bertz CT molecular complexity index is 569. The van der Waals surface area contributed by atoms with E-state index in [1.165, 1.54) is 12.3 Å². The fraction of sp³-hybridized carbons (Fsp3) is 0.545. The summed E-state index contributed by atoms with van der Waals surface area (Å²) in [5, 5.41) is 14.6. The quantitative estimate of drug-likeness (QED) is 0.793. The molecule has 3 N–H and O–H groups in total. The number of rotatable bonds is 4. The van der Waals surface area contributed by atoms with E-state index < -0.39 is 29.8 Å². The predicted molar refractivity (Wildman–Crippen MR) is 67.2 cm³/mol. The molecule has 6 nitrogen and oxygen atoms in total. The van der Waals surface area contributed by atoms with Crippen molar-refractivity contribution in [3.8, 4) is 0 Å². The fourth-order valence-electron chi connectivity index (χ4n) is 1.70. The molecule has 10 heteroatoms. The summed E-state index contributed by atoms with van der Waals surface area (Å²) in [4.78, 5) is 26.1. The number of aromatic nitrogens is 1. The van der Waals surface area contributed by atoms with E-state index in [9.17, 15) is 22.8 Å². The van der Waals surface area contributed by atoms with E-state index in [0.717, 1.165) is 11.3 Å². The average molecular weight is 323 g/mol. The van der Waals surface area contributed by atoms with Gasteiger partial charge in [-0.1, -0.05) is 0 Å². The number of nitrogens with zero attached hydrogens (tertiary/aromatic N) is 1. The van der Waals surface area contributed by atoms with Crippen molar-refractivity contribution >= 4 is 23.3 Å². The van der Waals surface area contributed by atoms with Gasteiger partial charge in [-0.3, -0.25) is 0 Å². The monoisotopic (exact) mass is 323 g/mol. The molecule has 2 amide bonds. The van der Waals surface area contributed by atoms with Gasteiger partial charge in [-0.05, 0) is 19.8 Å². The van der Waals surface area contributed by atoms with Gasteiger partial charge in [0.25, 0.3) is 0 Å². The Hall–Kier alpha value is -1.84. The first-order valence-electron chi connectivity index (χ1n) is 5.99. The molecule has 0 saturated heterocycles. The molecule has 1 aromatic rings. The first-order valence-corrected chi connectivity index (χ1v) is 6.87. The van der Waals surface area contributed by atoms with Crippen molar-refractivity contribution in [1.29, 1.82) is 0 Å². The maximum Gasteiger partial charge on any atom is 0.411 e. The van der Waals surface area contributed by atoms with Crippen LogP contribution >= 0.6 is 11.3 Å². The number of aromatic carboxylic acids is 1. The minimum Gasteiger partial charge on any atom is -0.476 e. The third-order valence-corrected chi connectivity index (χ3v) is 4.13. The van der Waals surface area contributed by atoms with Gasteiger partial charge in [0.2, 0.25) is 0 Å².